The SMILES string of the molecule is CCCN(C)C(=O)c1cc([N+](=O)[O-])cnc1N. The maximum absolute atomic E-state index is 11.9. The van der Waals surface area contributed by atoms with Gasteiger partial charge in [0.15, 0.2) is 0 Å². The van der Waals surface area contributed by atoms with Gasteiger partial charge in [-0.05, 0) is 6.42 Å². The van der Waals surface area contributed by atoms with Crippen LogP contribution < -0.4 is 5.73 Å². The van der Waals surface area contributed by atoms with Crippen LogP contribution in [0.3, 0.4) is 0 Å². The number of carbonyl (C=O) groups excluding carboxylic acids is 1. The van der Waals surface area contributed by atoms with Crippen LogP contribution in [0.4, 0.5) is 11.5 Å². The molecule has 2 N–H and O–H groups in total. The number of nitrogens with two attached hydrogens (primary N) is 1. The minimum absolute atomic E-state index is 0.00329. The first kappa shape index (κ1) is 12.9. The molecule has 1 amide bonds. The quantitative estimate of drug-likeness (QED) is 0.624. The molecule has 7 heteroatoms. The van der Waals surface area contributed by atoms with Crippen molar-refractivity contribution >= 4 is 17.4 Å². The van der Waals surface area contributed by atoms with Crippen LogP contribution in [0, 0.1) is 10.1 Å². The van der Waals surface area contributed by atoms with Crippen LogP contribution in [0.25, 0.3) is 0 Å². The van der Waals surface area contributed by atoms with Crippen molar-refractivity contribution in [3.8, 4) is 0 Å². The number of nitrogen functional groups attached to an aromatic ring is 1. The molecule has 0 unspecified atom stereocenters. The summed E-state index contributed by atoms with van der Waals surface area (Å²) in [4.78, 5) is 27.0. The smallest absolute Gasteiger partial charge is 0.288 e. The largest absolute Gasteiger partial charge is 0.383 e. The van der Waals surface area contributed by atoms with Gasteiger partial charge in [-0.1, -0.05) is 6.92 Å². The Bertz CT molecular complexity index is 447. The topological polar surface area (TPSA) is 102 Å². The first-order valence-electron chi connectivity index (χ1n) is 5.12. The van der Waals surface area contributed by atoms with Gasteiger partial charge in [0.25, 0.3) is 11.6 Å². The van der Waals surface area contributed by atoms with E-state index in [9.17, 15) is 14.9 Å². The third kappa shape index (κ3) is 2.90. The van der Waals surface area contributed by atoms with Gasteiger partial charge >= 0.3 is 0 Å². The van der Waals surface area contributed by atoms with E-state index in [-0.39, 0.29) is 23.0 Å². The predicted molar refractivity (Wildman–Crippen MR) is 62.6 cm³/mol. The zero-order valence-corrected chi connectivity index (χ0v) is 9.71. The monoisotopic (exact) mass is 238 g/mol. The number of nitro groups is 1. The minimum Gasteiger partial charge on any atom is -0.383 e. The van der Waals surface area contributed by atoms with E-state index >= 15 is 0 Å². The molecular formula is C10H14N4O3. The molecule has 0 spiro atoms. The molecule has 0 aromatic carbocycles. The summed E-state index contributed by atoms with van der Waals surface area (Å²) >= 11 is 0. The normalized spacial score (nSPS) is 10.0. The van der Waals surface area contributed by atoms with Crippen molar-refractivity contribution in [1.82, 2.24) is 9.88 Å². The summed E-state index contributed by atoms with van der Waals surface area (Å²) in [6.45, 7) is 2.49. The number of hydrogen-bond donors (Lipinski definition) is 1. The molecule has 1 aromatic rings. The van der Waals surface area contributed by atoms with Crippen LogP contribution in [0.5, 0.6) is 0 Å². The summed E-state index contributed by atoms with van der Waals surface area (Å²) in [6, 6.07) is 1.15. The van der Waals surface area contributed by atoms with Crippen LogP contribution in [0.15, 0.2) is 12.3 Å². The lowest BCUT2D eigenvalue weighted by atomic mass is 10.2. The number of anilines is 1. The van der Waals surface area contributed by atoms with E-state index < -0.39 is 4.92 Å². The second-order valence-corrected chi connectivity index (χ2v) is 3.61. The molecule has 0 aliphatic rings. The highest BCUT2D eigenvalue weighted by atomic mass is 16.6. The first-order chi connectivity index (χ1) is 7.97. The van der Waals surface area contributed by atoms with E-state index in [2.05, 4.69) is 4.98 Å². The fourth-order valence-electron chi connectivity index (χ4n) is 1.38. The lowest BCUT2D eigenvalue weighted by Gasteiger charge is -2.16. The van der Waals surface area contributed by atoms with E-state index in [0.29, 0.717) is 6.54 Å². The molecule has 0 fully saturated rings. The lowest BCUT2D eigenvalue weighted by molar-refractivity contribution is -0.385. The molecule has 0 saturated carbocycles. The highest BCUT2D eigenvalue weighted by molar-refractivity contribution is 5.98. The summed E-state index contributed by atoms with van der Waals surface area (Å²) in [6.07, 6.45) is 1.83. The molecule has 0 aliphatic heterocycles. The predicted octanol–water partition coefficient (Wildman–Crippen LogP) is 1.05. The molecule has 1 rings (SSSR count). The van der Waals surface area contributed by atoms with Crippen LogP contribution in [0.2, 0.25) is 0 Å². The summed E-state index contributed by atoms with van der Waals surface area (Å²) in [5.74, 6) is -0.357. The Morgan fingerprint density at radius 3 is 2.82 bits per heavy atom. The third-order valence-electron chi connectivity index (χ3n) is 2.25. The first-order valence-corrected chi connectivity index (χ1v) is 5.12. The molecule has 1 heterocycles. The Morgan fingerprint density at radius 1 is 1.65 bits per heavy atom. The van der Waals surface area contributed by atoms with Crippen molar-refractivity contribution < 1.29 is 9.72 Å². The number of rotatable bonds is 4. The number of pyridine rings is 1. The van der Waals surface area contributed by atoms with Gasteiger partial charge in [-0.15, -0.1) is 0 Å². The van der Waals surface area contributed by atoms with Crippen molar-refractivity contribution in [2.24, 2.45) is 0 Å². The average Bonchev–Trinajstić information content (AvgIpc) is 2.28. The molecule has 0 radical (unpaired) electrons. The molecular weight excluding hydrogens is 224 g/mol. The zero-order chi connectivity index (χ0) is 13.0. The number of aromatic nitrogens is 1. The molecule has 0 bridgehead atoms. The minimum atomic E-state index is -0.608. The Morgan fingerprint density at radius 2 is 2.29 bits per heavy atom. The van der Waals surface area contributed by atoms with Gasteiger partial charge in [0, 0.05) is 19.7 Å². The molecule has 0 atom stereocenters. The molecule has 92 valence electrons. The third-order valence-corrected chi connectivity index (χ3v) is 2.25. The van der Waals surface area contributed by atoms with Gasteiger partial charge in [-0.2, -0.15) is 0 Å². The second-order valence-electron chi connectivity index (χ2n) is 3.61. The molecule has 0 aliphatic carbocycles. The standard InChI is InChI=1S/C10H14N4O3/c1-3-4-13(2)10(15)8-5-7(14(16)17)6-12-9(8)11/h5-6H,3-4H2,1-2H3,(H2,11,12). The maximum Gasteiger partial charge on any atom is 0.288 e. The van der Waals surface area contributed by atoms with Crippen LogP contribution in [-0.4, -0.2) is 34.3 Å². The Hall–Kier alpha value is -2.18. The van der Waals surface area contributed by atoms with E-state index in [4.69, 9.17) is 5.73 Å². The summed E-state index contributed by atoms with van der Waals surface area (Å²) in [5.41, 5.74) is 5.37. The number of amides is 1. The number of nitrogens with zero attached hydrogens (tertiary/aromatic N) is 3. The van der Waals surface area contributed by atoms with Crippen LogP contribution in [-0.2, 0) is 0 Å². The van der Waals surface area contributed by atoms with Gasteiger partial charge in [0.2, 0.25) is 0 Å². The van der Waals surface area contributed by atoms with E-state index in [1.54, 1.807) is 7.05 Å². The molecule has 17 heavy (non-hydrogen) atoms. The highest BCUT2D eigenvalue weighted by Crippen LogP contribution is 2.18. The molecule has 0 saturated heterocycles. The summed E-state index contributed by atoms with van der Waals surface area (Å²) < 4.78 is 0. The highest BCUT2D eigenvalue weighted by Gasteiger charge is 2.19. The average molecular weight is 238 g/mol. The van der Waals surface area contributed by atoms with Gasteiger partial charge < -0.3 is 10.6 Å². The zero-order valence-electron chi connectivity index (χ0n) is 9.71. The Balaban J connectivity index is 3.07. The van der Waals surface area contributed by atoms with Crippen molar-refractivity contribution in [2.75, 3.05) is 19.3 Å². The summed E-state index contributed by atoms with van der Waals surface area (Å²) in [5, 5.41) is 10.6. The lowest BCUT2D eigenvalue weighted by Crippen LogP contribution is -2.28. The van der Waals surface area contributed by atoms with Gasteiger partial charge in [0.05, 0.1) is 10.5 Å². The van der Waals surface area contributed by atoms with E-state index in [1.165, 1.54) is 4.90 Å². The maximum atomic E-state index is 11.9. The van der Waals surface area contributed by atoms with Gasteiger partial charge in [0.1, 0.15) is 12.0 Å². The Kier molecular flexibility index (Phi) is 3.97. The fourth-order valence-corrected chi connectivity index (χ4v) is 1.38. The second kappa shape index (κ2) is 5.24. The van der Waals surface area contributed by atoms with Crippen molar-refractivity contribution in [3.05, 3.63) is 27.9 Å². The van der Waals surface area contributed by atoms with Crippen molar-refractivity contribution in [2.45, 2.75) is 13.3 Å². The Labute approximate surface area is 98.4 Å². The number of hydrogen-bond acceptors (Lipinski definition) is 5. The van der Waals surface area contributed by atoms with Crippen molar-refractivity contribution in [1.29, 1.82) is 0 Å². The van der Waals surface area contributed by atoms with Gasteiger partial charge in [-0.3, -0.25) is 14.9 Å². The molecule has 1 aromatic heterocycles. The fraction of sp³-hybridized carbons (Fsp3) is 0.400. The van der Waals surface area contributed by atoms with E-state index in [0.717, 1.165) is 18.7 Å². The van der Waals surface area contributed by atoms with Crippen LogP contribution >= 0.6 is 0 Å². The molecule has 7 nitrogen and oxygen atoms in total. The van der Waals surface area contributed by atoms with Crippen LogP contribution in [0.1, 0.15) is 23.7 Å². The number of carbonyl (C=O) groups is 1. The van der Waals surface area contributed by atoms with Crippen molar-refractivity contribution in [3.63, 3.8) is 0 Å². The van der Waals surface area contributed by atoms with Gasteiger partial charge in [-0.25, -0.2) is 4.98 Å². The van der Waals surface area contributed by atoms with E-state index in [1.807, 2.05) is 6.92 Å². The summed E-state index contributed by atoms with van der Waals surface area (Å²) in [7, 11) is 1.62.